The van der Waals surface area contributed by atoms with E-state index in [-0.39, 0.29) is 23.5 Å². The van der Waals surface area contributed by atoms with Crippen molar-refractivity contribution in [2.24, 2.45) is 0 Å². The molecular weight excluding hydrogens is 420 g/mol. The van der Waals surface area contributed by atoms with E-state index in [4.69, 9.17) is 4.74 Å². The lowest BCUT2D eigenvalue weighted by atomic mass is 9.94. The van der Waals surface area contributed by atoms with E-state index in [0.29, 0.717) is 5.56 Å². The third-order valence-electron chi connectivity index (χ3n) is 4.91. The molecule has 33 heavy (non-hydrogen) atoms. The van der Waals surface area contributed by atoms with Crippen molar-refractivity contribution in [2.75, 3.05) is 6.61 Å². The van der Waals surface area contributed by atoms with Gasteiger partial charge in [-0.1, -0.05) is 66.2 Å². The van der Waals surface area contributed by atoms with Gasteiger partial charge in [-0.2, -0.15) is 0 Å². The molecule has 2 N–H and O–H groups in total. The number of carbonyl (C=O) groups excluding carboxylic acids is 4. The summed E-state index contributed by atoms with van der Waals surface area (Å²) in [5.41, 5.74) is 3.29. The monoisotopic (exact) mass is 444 g/mol. The molecule has 0 aromatic heterocycles. The number of urea groups is 1. The van der Waals surface area contributed by atoms with E-state index in [9.17, 15) is 19.2 Å². The molecule has 0 atom stereocenters. The molecular formula is C26H24N2O5. The highest BCUT2D eigenvalue weighted by Crippen LogP contribution is 2.19. The molecule has 7 nitrogen and oxygen atoms in total. The Morgan fingerprint density at radius 2 is 1.45 bits per heavy atom. The molecule has 0 radical (unpaired) electrons. The Balaban J connectivity index is 1.59. The zero-order valence-corrected chi connectivity index (χ0v) is 18.4. The van der Waals surface area contributed by atoms with E-state index < -0.39 is 24.5 Å². The highest BCUT2D eigenvalue weighted by atomic mass is 16.5. The molecule has 7 heteroatoms. The van der Waals surface area contributed by atoms with E-state index in [2.05, 4.69) is 10.6 Å². The lowest BCUT2D eigenvalue weighted by Gasteiger charge is -2.11. The smallest absolute Gasteiger partial charge is 0.339 e. The normalized spacial score (nSPS) is 10.2. The fraction of sp³-hybridized carbons (Fsp3) is 0.154. The topological polar surface area (TPSA) is 102 Å². The van der Waals surface area contributed by atoms with Crippen molar-refractivity contribution in [1.29, 1.82) is 0 Å². The van der Waals surface area contributed by atoms with Gasteiger partial charge in [-0.3, -0.25) is 14.9 Å². The summed E-state index contributed by atoms with van der Waals surface area (Å²) >= 11 is 0. The summed E-state index contributed by atoms with van der Waals surface area (Å²) in [5.74, 6) is -1.93. The first-order valence-electron chi connectivity index (χ1n) is 10.3. The Hall–Kier alpha value is -4.26. The number of ether oxygens (including phenoxy) is 1. The van der Waals surface area contributed by atoms with Gasteiger partial charge in [0.15, 0.2) is 12.4 Å². The van der Waals surface area contributed by atoms with Crippen LogP contribution in [0.3, 0.4) is 0 Å². The maximum absolute atomic E-state index is 13.1. The number of nitrogens with one attached hydrogen (secondary N) is 2. The molecule has 3 amide bonds. The van der Waals surface area contributed by atoms with Gasteiger partial charge in [-0.05, 0) is 37.1 Å². The number of hydrogen-bond acceptors (Lipinski definition) is 5. The van der Waals surface area contributed by atoms with E-state index in [1.165, 1.54) is 12.1 Å². The molecule has 0 fully saturated rings. The van der Waals surface area contributed by atoms with Gasteiger partial charge in [0.05, 0.1) is 5.56 Å². The first-order valence-corrected chi connectivity index (χ1v) is 10.3. The second-order valence-corrected chi connectivity index (χ2v) is 7.49. The molecule has 0 saturated heterocycles. The van der Waals surface area contributed by atoms with Crippen LogP contribution in [-0.4, -0.2) is 30.3 Å². The number of carbonyl (C=O) groups is 4. The van der Waals surface area contributed by atoms with Crippen molar-refractivity contribution >= 4 is 23.7 Å². The van der Waals surface area contributed by atoms with Crippen LogP contribution in [0.4, 0.5) is 4.79 Å². The zero-order valence-electron chi connectivity index (χ0n) is 18.4. The van der Waals surface area contributed by atoms with Crippen LogP contribution in [0.15, 0.2) is 72.8 Å². The Morgan fingerprint density at radius 1 is 0.788 bits per heavy atom. The molecule has 0 saturated carbocycles. The van der Waals surface area contributed by atoms with Crippen molar-refractivity contribution < 1.29 is 23.9 Å². The van der Waals surface area contributed by atoms with Crippen LogP contribution < -0.4 is 10.6 Å². The number of aryl methyl sites for hydroxylation is 2. The van der Waals surface area contributed by atoms with Crippen LogP contribution in [-0.2, 0) is 16.1 Å². The largest absolute Gasteiger partial charge is 0.452 e. The van der Waals surface area contributed by atoms with Crippen LogP contribution >= 0.6 is 0 Å². The number of ketones is 1. The fourth-order valence-corrected chi connectivity index (χ4v) is 3.18. The van der Waals surface area contributed by atoms with Crippen LogP contribution in [0.2, 0.25) is 0 Å². The number of benzene rings is 3. The number of amides is 3. The molecule has 0 spiro atoms. The van der Waals surface area contributed by atoms with Gasteiger partial charge in [-0.15, -0.1) is 0 Å². The standard InChI is InChI=1S/C26H24N2O5/c1-17-12-13-18(2)22(14-17)24(30)20-10-6-7-11-21(20)25(31)33-16-23(29)28-26(32)27-15-19-8-4-3-5-9-19/h3-14H,15-16H2,1-2H3,(H2,27,28,29,32). The maximum Gasteiger partial charge on any atom is 0.339 e. The van der Waals surface area contributed by atoms with Crippen LogP contribution in [0.5, 0.6) is 0 Å². The molecule has 0 aliphatic heterocycles. The van der Waals surface area contributed by atoms with Crippen LogP contribution in [0, 0.1) is 13.8 Å². The minimum Gasteiger partial charge on any atom is -0.452 e. The molecule has 0 bridgehead atoms. The summed E-state index contributed by atoms with van der Waals surface area (Å²) in [6.07, 6.45) is 0. The van der Waals surface area contributed by atoms with E-state index in [1.54, 1.807) is 18.2 Å². The second kappa shape index (κ2) is 10.9. The molecule has 168 valence electrons. The van der Waals surface area contributed by atoms with Crippen LogP contribution in [0.25, 0.3) is 0 Å². The molecule has 0 aliphatic rings. The number of esters is 1. The minimum absolute atomic E-state index is 0.0461. The Kier molecular flexibility index (Phi) is 7.70. The predicted octanol–water partition coefficient (Wildman–Crippen LogP) is 3.72. The van der Waals surface area contributed by atoms with Gasteiger partial charge in [0, 0.05) is 17.7 Å². The molecule has 3 aromatic carbocycles. The number of imide groups is 1. The molecule has 3 rings (SSSR count). The van der Waals surface area contributed by atoms with E-state index in [1.807, 2.05) is 56.3 Å². The highest BCUT2D eigenvalue weighted by Gasteiger charge is 2.21. The summed E-state index contributed by atoms with van der Waals surface area (Å²) < 4.78 is 5.05. The van der Waals surface area contributed by atoms with Gasteiger partial charge < -0.3 is 10.1 Å². The third-order valence-corrected chi connectivity index (χ3v) is 4.91. The molecule has 0 heterocycles. The quantitative estimate of drug-likeness (QED) is 0.427. The first-order chi connectivity index (χ1) is 15.8. The van der Waals surface area contributed by atoms with Crippen molar-refractivity contribution in [3.05, 3.63) is 106 Å². The highest BCUT2D eigenvalue weighted by molar-refractivity contribution is 6.15. The van der Waals surface area contributed by atoms with Crippen molar-refractivity contribution in [3.63, 3.8) is 0 Å². The van der Waals surface area contributed by atoms with Crippen LogP contribution in [0.1, 0.15) is 43.0 Å². The summed E-state index contributed by atoms with van der Waals surface area (Å²) in [6, 6.07) is 20.3. The fourth-order valence-electron chi connectivity index (χ4n) is 3.18. The third kappa shape index (κ3) is 6.36. The Labute approximate surface area is 191 Å². The van der Waals surface area contributed by atoms with Gasteiger partial charge in [0.1, 0.15) is 0 Å². The molecule has 0 unspecified atom stereocenters. The Bertz CT molecular complexity index is 1190. The zero-order chi connectivity index (χ0) is 23.8. The lowest BCUT2D eigenvalue weighted by Crippen LogP contribution is -2.41. The van der Waals surface area contributed by atoms with E-state index >= 15 is 0 Å². The second-order valence-electron chi connectivity index (χ2n) is 7.49. The number of rotatable bonds is 7. The van der Waals surface area contributed by atoms with Crippen molar-refractivity contribution in [3.8, 4) is 0 Å². The van der Waals surface area contributed by atoms with Gasteiger partial charge >= 0.3 is 12.0 Å². The minimum atomic E-state index is -0.830. The Morgan fingerprint density at radius 3 is 2.18 bits per heavy atom. The van der Waals surface area contributed by atoms with Crippen molar-refractivity contribution in [1.82, 2.24) is 10.6 Å². The van der Waals surface area contributed by atoms with Crippen molar-refractivity contribution in [2.45, 2.75) is 20.4 Å². The molecule has 0 aliphatic carbocycles. The van der Waals surface area contributed by atoms with Gasteiger partial charge in [0.2, 0.25) is 0 Å². The summed E-state index contributed by atoms with van der Waals surface area (Å²) in [7, 11) is 0. The average Bonchev–Trinajstić information content (AvgIpc) is 2.83. The first kappa shape index (κ1) is 23.4. The SMILES string of the molecule is Cc1ccc(C)c(C(=O)c2ccccc2C(=O)OCC(=O)NC(=O)NCc2ccccc2)c1. The lowest BCUT2D eigenvalue weighted by molar-refractivity contribution is -0.123. The maximum atomic E-state index is 13.1. The average molecular weight is 444 g/mol. The number of hydrogen-bond donors (Lipinski definition) is 2. The van der Waals surface area contributed by atoms with Gasteiger partial charge in [-0.25, -0.2) is 9.59 Å². The summed E-state index contributed by atoms with van der Waals surface area (Å²) in [6.45, 7) is 3.28. The van der Waals surface area contributed by atoms with Gasteiger partial charge in [0.25, 0.3) is 5.91 Å². The predicted molar refractivity (Wildman–Crippen MR) is 123 cm³/mol. The molecule has 3 aromatic rings. The summed E-state index contributed by atoms with van der Waals surface area (Å²) in [4.78, 5) is 49.6. The van der Waals surface area contributed by atoms with E-state index in [0.717, 1.165) is 16.7 Å². The summed E-state index contributed by atoms with van der Waals surface area (Å²) in [5, 5.41) is 4.65.